The molecule has 2 aliphatic rings. The van der Waals surface area contributed by atoms with Crippen LogP contribution in [0, 0.1) is 17.3 Å². The Kier molecular flexibility index (Phi) is 3.84. The van der Waals surface area contributed by atoms with E-state index in [-0.39, 0.29) is 11.4 Å². The molecule has 1 fully saturated rings. The van der Waals surface area contributed by atoms with Crippen molar-refractivity contribution in [2.24, 2.45) is 17.3 Å². The van der Waals surface area contributed by atoms with Crippen LogP contribution in [0.5, 0.6) is 0 Å². The third kappa shape index (κ3) is 2.34. The molecule has 0 spiro atoms. The highest BCUT2D eigenvalue weighted by Gasteiger charge is 2.58. The van der Waals surface area contributed by atoms with Gasteiger partial charge in [0.05, 0.1) is 18.8 Å². The number of allylic oxidation sites excluding steroid dienone is 1. The van der Waals surface area contributed by atoms with Gasteiger partial charge in [-0.15, -0.1) is 0 Å². The highest BCUT2D eigenvalue weighted by molar-refractivity contribution is 5.96. The summed E-state index contributed by atoms with van der Waals surface area (Å²) in [6.07, 6.45) is 2.72. The van der Waals surface area contributed by atoms with Gasteiger partial charge in [0, 0.05) is 22.8 Å². The van der Waals surface area contributed by atoms with Crippen LogP contribution in [0.2, 0.25) is 0 Å². The Balaban J connectivity index is 2.39. The molecule has 0 aromatic rings. The van der Waals surface area contributed by atoms with Gasteiger partial charge >= 0.3 is 5.97 Å². The van der Waals surface area contributed by atoms with E-state index in [0.29, 0.717) is 12.8 Å². The van der Waals surface area contributed by atoms with Crippen molar-refractivity contribution in [1.82, 2.24) is 0 Å². The summed E-state index contributed by atoms with van der Waals surface area (Å²) in [5.41, 5.74) is -1.95. The molecule has 2 rings (SSSR count). The molecule has 0 aromatic heterocycles. The normalized spacial score (nSPS) is 42.3. The first-order valence-electron chi connectivity index (χ1n) is 7.06. The van der Waals surface area contributed by atoms with Crippen molar-refractivity contribution < 1.29 is 24.5 Å². The number of hydrogen-bond acceptors (Lipinski definition) is 5. The van der Waals surface area contributed by atoms with E-state index < -0.39 is 34.9 Å². The molecule has 5 heteroatoms. The average molecular weight is 294 g/mol. The second-order valence-corrected chi connectivity index (χ2v) is 6.47. The van der Waals surface area contributed by atoms with Gasteiger partial charge in [0.2, 0.25) is 0 Å². The van der Waals surface area contributed by atoms with Crippen molar-refractivity contribution in [1.29, 1.82) is 0 Å². The summed E-state index contributed by atoms with van der Waals surface area (Å²) in [5, 5.41) is 21.3. The molecule has 5 atom stereocenters. The first kappa shape index (κ1) is 15.9. The van der Waals surface area contributed by atoms with E-state index in [2.05, 4.69) is 11.3 Å². The largest absolute Gasteiger partial charge is 0.466 e. The first-order chi connectivity index (χ1) is 9.65. The monoisotopic (exact) mass is 294 g/mol. The Hall–Kier alpha value is -1.46. The molecule has 5 nitrogen and oxygen atoms in total. The lowest BCUT2D eigenvalue weighted by molar-refractivity contribution is -0.160. The Bertz CT molecular complexity index is 519. The van der Waals surface area contributed by atoms with Crippen LogP contribution in [0.4, 0.5) is 0 Å². The van der Waals surface area contributed by atoms with Gasteiger partial charge in [-0.05, 0) is 31.9 Å². The number of hydrogen-bond donors (Lipinski definition) is 2. The summed E-state index contributed by atoms with van der Waals surface area (Å²) in [4.78, 5) is 23.9. The van der Waals surface area contributed by atoms with Crippen molar-refractivity contribution in [2.45, 2.75) is 38.4 Å². The van der Waals surface area contributed by atoms with Crippen molar-refractivity contribution in [3.05, 3.63) is 24.3 Å². The minimum Gasteiger partial charge on any atom is -0.466 e. The third-order valence-corrected chi connectivity index (χ3v) is 5.07. The second kappa shape index (κ2) is 5.07. The molecule has 0 amide bonds. The topological polar surface area (TPSA) is 83.8 Å². The summed E-state index contributed by atoms with van der Waals surface area (Å²) in [5.74, 6) is -1.86. The molecule has 1 saturated carbocycles. The summed E-state index contributed by atoms with van der Waals surface area (Å²) < 4.78 is 4.65. The molecule has 0 radical (unpaired) electrons. The number of methoxy groups -OCH3 is 1. The minimum atomic E-state index is -1.31. The maximum atomic E-state index is 12.2. The van der Waals surface area contributed by atoms with E-state index in [1.807, 2.05) is 0 Å². The molecule has 0 saturated heterocycles. The third-order valence-electron chi connectivity index (χ3n) is 5.07. The number of aliphatic hydroxyl groups is 2. The van der Waals surface area contributed by atoms with Crippen LogP contribution in [-0.2, 0) is 14.3 Å². The minimum absolute atomic E-state index is 0.0970. The van der Waals surface area contributed by atoms with Crippen molar-refractivity contribution >= 4 is 11.8 Å². The zero-order valence-corrected chi connectivity index (χ0v) is 12.6. The van der Waals surface area contributed by atoms with Crippen LogP contribution in [0.1, 0.15) is 26.7 Å². The molecule has 116 valence electrons. The van der Waals surface area contributed by atoms with E-state index in [1.54, 1.807) is 13.8 Å². The molecule has 2 N–H and O–H groups in total. The van der Waals surface area contributed by atoms with Crippen LogP contribution >= 0.6 is 0 Å². The van der Waals surface area contributed by atoms with Gasteiger partial charge < -0.3 is 14.9 Å². The van der Waals surface area contributed by atoms with Gasteiger partial charge in [-0.2, -0.15) is 0 Å². The number of esters is 1. The standard InChI is InChI=1S/C16H22O5/c1-9(14(19)21-4)10-5-7-15(2)11(17)6-8-16(3,20)13(15)12(10)18/h6,8,10,12-13,18,20H,1,5,7H2,2-4H3/t10?,12-,13+,15-,16+/m0/s1. The number of rotatable bonds is 2. The molecule has 1 unspecified atom stereocenters. The van der Waals surface area contributed by atoms with E-state index in [0.717, 1.165) is 0 Å². The Labute approximate surface area is 124 Å². The predicted molar refractivity (Wildman–Crippen MR) is 76.3 cm³/mol. The van der Waals surface area contributed by atoms with Gasteiger partial charge in [-0.3, -0.25) is 4.79 Å². The Morgan fingerprint density at radius 3 is 2.67 bits per heavy atom. The molecule has 2 aliphatic carbocycles. The number of carbonyl (C=O) groups is 2. The fraction of sp³-hybridized carbons (Fsp3) is 0.625. The van der Waals surface area contributed by atoms with Crippen LogP contribution in [0.15, 0.2) is 24.3 Å². The smallest absolute Gasteiger partial charge is 0.333 e. The van der Waals surface area contributed by atoms with E-state index in [4.69, 9.17) is 0 Å². The second-order valence-electron chi connectivity index (χ2n) is 6.47. The highest BCUT2D eigenvalue weighted by Crippen LogP contribution is 2.52. The average Bonchev–Trinajstić information content (AvgIpc) is 2.42. The lowest BCUT2D eigenvalue weighted by Gasteiger charge is -2.53. The van der Waals surface area contributed by atoms with Crippen LogP contribution in [0.25, 0.3) is 0 Å². The van der Waals surface area contributed by atoms with E-state index >= 15 is 0 Å². The van der Waals surface area contributed by atoms with Gasteiger partial charge in [-0.25, -0.2) is 4.79 Å². The van der Waals surface area contributed by atoms with Crippen LogP contribution < -0.4 is 0 Å². The number of fused-ring (bicyclic) bond motifs is 1. The quantitative estimate of drug-likeness (QED) is 0.586. The molecule has 0 aliphatic heterocycles. The Morgan fingerprint density at radius 2 is 2.10 bits per heavy atom. The number of carbonyl (C=O) groups excluding carboxylic acids is 2. The Morgan fingerprint density at radius 1 is 1.48 bits per heavy atom. The zero-order valence-electron chi connectivity index (χ0n) is 12.6. The van der Waals surface area contributed by atoms with E-state index in [1.165, 1.54) is 19.3 Å². The SMILES string of the molecule is C=C(C(=O)OC)C1CC[C@@]2(C)C(=O)C=C[C@@](C)(O)[C@@H]2[C@H]1O. The van der Waals surface area contributed by atoms with Crippen molar-refractivity contribution in [2.75, 3.05) is 7.11 Å². The zero-order chi connectivity index (χ0) is 16.0. The summed E-state index contributed by atoms with van der Waals surface area (Å²) in [6.45, 7) is 7.04. The molecule has 0 heterocycles. The first-order valence-corrected chi connectivity index (χ1v) is 7.06. The fourth-order valence-electron chi connectivity index (χ4n) is 3.86. The molecule has 0 bridgehead atoms. The lowest BCUT2D eigenvalue weighted by atomic mass is 9.53. The summed E-state index contributed by atoms with van der Waals surface area (Å²) >= 11 is 0. The molecule has 21 heavy (non-hydrogen) atoms. The van der Waals surface area contributed by atoms with Crippen LogP contribution in [0.3, 0.4) is 0 Å². The van der Waals surface area contributed by atoms with E-state index in [9.17, 15) is 19.8 Å². The van der Waals surface area contributed by atoms with Crippen molar-refractivity contribution in [3.63, 3.8) is 0 Å². The summed E-state index contributed by atoms with van der Waals surface area (Å²) in [7, 11) is 1.26. The molecular formula is C16H22O5. The number of ketones is 1. The predicted octanol–water partition coefficient (Wildman–Crippen LogP) is 0.999. The van der Waals surface area contributed by atoms with Gasteiger partial charge in [0.1, 0.15) is 0 Å². The molecule has 0 aromatic carbocycles. The maximum absolute atomic E-state index is 12.2. The number of ether oxygens (including phenoxy) is 1. The van der Waals surface area contributed by atoms with Gasteiger partial charge in [0.25, 0.3) is 0 Å². The van der Waals surface area contributed by atoms with Gasteiger partial charge in [0.15, 0.2) is 5.78 Å². The van der Waals surface area contributed by atoms with Crippen molar-refractivity contribution in [3.8, 4) is 0 Å². The highest BCUT2D eigenvalue weighted by atomic mass is 16.5. The fourth-order valence-corrected chi connectivity index (χ4v) is 3.86. The molecular weight excluding hydrogens is 272 g/mol. The maximum Gasteiger partial charge on any atom is 0.333 e. The van der Waals surface area contributed by atoms with Gasteiger partial charge in [-0.1, -0.05) is 13.5 Å². The summed E-state index contributed by atoms with van der Waals surface area (Å²) in [6, 6.07) is 0. The lowest BCUT2D eigenvalue weighted by Crippen LogP contribution is -2.60. The number of aliphatic hydroxyl groups excluding tert-OH is 1. The van der Waals surface area contributed by atoms with Crippen LogP contribution in [-0.4, -0.2) is 40.8 Å².